The van der Waals surface area contributed by atoms with E-state index in [4.69, 9.17) is 0 Å². The summed E-state index contributed by atoms with van der Waals surface area (Å²) in [6, 6.07) is 9.59. The molecule has 0 unspecified atom stereocenters. The van der Waals surface area contributed by atoms with Crippen molar-refractivity contribution in [3.63, 3.8) is 0 Å². The number of aryl methyl sites for hydroxylation is 1. The molecule has 0 saturated carbocycles. The predicted octanol–water partition coefficient (Wildman–Crippen LogP) is 4.06. The summed E-state index contributed by atoms with van der Waals surface area (Å²) >= 11 is 0. The van der Waals surface area contributed by atoms with E-state index < -0.39 is 33.7 Å². The van der Waals surface area contributed by atoms with Crippen LogP contribution in [0, 0.1) is 0 Å². The number of benzene rings is 2. The lowest BCUT2D eigenvalue weighted by atomic mass is 10.1. The number of carbonyl (C=O) groups excluding carboxylic acids is 1. The van der Waals surface area contributed by atoms with Crippen molar-refractivity contribution in [1.82, 2.24) is 0 Å². The van der Waals surface area contributed by atoms with Crippen LogP contribution in [0.15, 0.2) is 48.5 Å². The zero-order valence-electron chi connectivity index (χ0n) is 15.6. The number of hydrogen-bond acceptors (Lipinski definition) is 3. The normalized spacial score (nSPS) is 13.1. The van der Waals surface area contributed by atoms with Gasteiger partial charge in [-0.05, 0) is 55.3 Å². The standard InChI is InChI=1S/C19H21F3N2O3S/c1-4-14-5-11-17(12-6-14)24(28(3,26)27)13(2)18(25)23-16-9-7-15(8-10-16)19(20,21)22/h5-13H,4H2,1-3H3,(H,23,25)/t13-/m0/s1. The Morgan fingerprint density at radius 3 is 2.04 bits per heavy atom. The van der Waals surface area contributed by atoms with Gasteiger partial charge in [-0.25, -0.2) is 8.42 Å². The average Bonchev–Trinajstić information content (AvgIpc) is 2.61. The van der Waals surface area contributed by atoms with E-state index in [9.17, 15) is 26.4 Å². The van der Waals surface area contributed by atoms with Gasteiger partial charge in [0.15, 0.2) is 0 Å². The first-order valence-corrected chi connectivity index (χ1v) is 10.3. The number of nitrogens with one attached hydrogen (secondary N) is 1. The molecule has 0 saturated heterocycles. The molecule has 2 aromatic carbocycles. The molecule has 2 aromatic rings. The van der Waals surface area contributed by atoms with Crippen LogP contribution >= 0.6 is 0 Å². The third-order valence-electron chi connectivity index (χ3n) is 4.17. The summed E-state index contributed by atoms with van der Waals surface area (Å²) in [5.74, 6) is -0.662. The summed E-state index contributed by atoms with van der Waals surface area (Å²) in [7, 11) is -3.78. The summed E-state index contributed by atoms with van der Waals surface area (Å²) < 4.78 is 63.4. The van der Waals surface area contributed by atoms with Crippen molar-refractivity contribution in [2.45, 2.75) is 32.5 Å². The maximum atomic E-state index is 12.6. The van der Waals surface area contributed by atoms with Gasteiger partial charge in [0.05, 0.1) is 17.5 Å². The minimum Gasteiger partial charge on any atom is -0.324 e. The molecule has 0 aliphatic carbocycles. The van der Waals surface area contributed by atoms with Gasteiger partial charge in [0.1, 0.15) is 6.04 Å². The molecular weight excluding hydrogens is 393 g/mol. The number of anilines is 2. The highest BCUT2D eigenvalue weighted by Crippen LogP contribution is 2.30. The predicted molar refractivity (Wildman–Crippen MR) is 103 cm³/mol. The van der Waals surface area contributed by atoms with Crippen molar-refractivity contribution in [3.8, 4) is 0 Å². The van der Waals surface area contributed by atoms with Gasteiger partial charge in [-0.15, -0.1) is 0 Å². The molecule has 0 aliphatic heterocycles. The fourth-order valence-electron chi connectivity index (χ4n) is 2.68. The maximum Gasteiger partial charge on any atom is 0.416 e. The lowest BCUT2D eigenvalue weighted by molar-refractivity contribution is -0.137. The van der Waals surface area contributed by atoms with Gasteiger partial charge in [-0.1, -0.05) is 19.1 Å². The van der Waals surface area contributed by atoms with E-state index in [1.54, 1.807) is 24.3 Å². The van der Waals surface area contributed by atoms with Crippen LogP contribution in [0.1, 0.15) is 25.0 Å². The van der Waals surface area contributed by atoms with E-state index in [0.29, 0.717) is 5.69 Å². The number of amides is 1. The van der Waals surface area contributed by atoms with Crippen molar-refractivity contribution in [2.24, 2.45) is 0 Å². The second-order valence-electron chi connectivity index (χ2n) is 6.32. The molecular formula is C19H21F3N2O3S. The maximum absolute atomic E-state index is 12.6. The molecule has 5 nitrogen and oxygen atoms in total. The number of rotatable bonds is 6. The average molecular weight is 414 g/mol. The van der Waals surface area contributed by atoms with Crippen molar-refractivity contribution in [1.29, 1.82) is 0 Å². The van der Waals surface area contributed by atoms with E-state index in [-0.39, 0.29) is 5.69 Å². The van der Waals surface area contributed by atoms with Crippen molar-refractivity contribution >= 4 is 27.3 Å². The van der Waals surface area contributed by atoms with E-state index in [1.165, 1.54) is 6.92 Å². The number of carbonyl (C=O) groups is 1. The highest BCUT2D eigenvalue weighted by atomic mass is 32.2. The van der Waals surface area contributed by atoms with Crippen LogP contribution < -0.4 is 9.62 Å². The molecule has 0 aromatic heterocycles. The first-order valence-electron chi connectivity index (χ1n) is 8.50. The van der Waals surface area contributed by atoms with Crippen LogP contribution in [-0.4, -0.2) is 26.6 Å². The molecule has 0 radical (unpaired) electrons. The highest BCUT2D eigenvalue weighted by molar-refractivity contribution is 7.92. The Morgan fingerprint density at radius 1 is 1.07 bits per heavy atom. The number of halogens is 3. The molecule has 1 amide bonds. The monoisotopic (exact) mass is 414 g/mol. The van der Waals surface area contributed by atoms with Crippen LogP contribution in [0.5, 0.6) is 0 Å². The topological polar surface area (TPSA) is 66.5 Å². The minimum atomic E-state index is -4.48. The van der Waals surface area contributed by atoms with E-state index in [1.807, 2.05) is 6.92 Å². The van der Waals surface area contributed by atoms with Crippen LogP contribution in [0.2, 0.25) is 0 Å². The Balaban J connectivity index is 2.24. The highest BCUT2D eigenvalue weighted by Gasteiger charge is 2.31. The van der Waals surface area contributed by atoms with Crippen LogP contribution in [0.25, 0.3) is 0 Å². The van der Waals surface area contributed by atoms with Crippen LogP contribution in [-0.2, 0) is 27.4 Å². The van der Waals surface area contributed by atoms with Crippen LogP contribution in [0.3, 0.4) is 0 Å². The molecule has 0 aliphatic rings. The molecule has 152 valence electrons. The molecule has 9 heteroatoms. The van der Waals surface area contributed by atoms with Crippen molar-refractivity contribution in [3.05, 3.63) is 59.7 Å². The molecule has 0 heterocycles. The Kier molecular flexibility index (Phi) is 6.38. The van der Waals surface area contributed by atoms with Crippen molar-refractivity contribution < 1.29 is 26.4 Å². The summed E-state index contributed by atoms with van der Waals surface area (Å²) in [5.41, 5.74) is 0.640. The zero-order valence-corrected chi connectivity index (χ0v) is 16.4. The molecule has 0 bridgehead atoms. The van der Waals surface area contributed by atoms with Gasteiger partial charge in [0, 0.05) is 5.69 Å². The Morgan fingerprint density at radius 2 is 1.61 bits per heavy atom. The molecule has 0 fully saturated rings. The molecule has 28 heavy (non-hydrogen) atoms. The number of sulfonamides is 1. The molecule has 1 atom stereocenters. The van der Waals surface area contributed by atoms with Crippen LogP contribution in [0.4, 0.5) is 24.5 Å². The van der Waals surface area contributed by atoms with Crippen molar-refractivity contribution in [2.75, 3.05) is 15.9 Å². The first-order chi connectivity index (χ1) is 12.9. The fraction of sp³-hybridized carbons (Fsp3) is 0.316. The second-order valence-corrected chi connectivity index (χ2v) is 8.18. The molecule has 1 N–H and O–H groups in total. The minimum absolute atomic E-state index is 0.139. The summed E-state index contributed by atoms with van der Waals surface area (Å²) in [5, 5.41) is 2.45. The SMILES string of the molecule is CCc1ccc(N([C@@H](C)C(=O)Nc2ccc(C(F)(F)F)cc2)S(C)(=O)=O)cc1. The lowest BCUT2D eigenvalue weighted by Crippen LogP contribution is -2.45. The number of hydrogen-bond donors (Lipinski definition) is 1. The Labute approximate surface area is 162 Å². The molecule has 2 rings (SSSR count). The third-order valence-corrected chi connectivity index (χ3v) is 5.41. The van der Waals surface area contributed by atoms with E-state index >= 15 is 0 Å². The smallest absolute Gasteiger partial charge is 0.324 e. The zero-order chi connectivity index (χ0) is 21.1. The quantitative estimate of drug-likeness (QED) is 0.775. The van der Waals surface area contributed by atoms with Gasteiger partial charge in [-0.3, -0.25) is 9.10 Å². The molecule has 0 spiro atoms. The van der Waals surface area contributed by atoms with E-state index in [2.05, 4.69) is 5.32 Å². The second kappa shape index (κ2) is 8.22. The number of alkyl halides is 3. The summed E-state index contributed by atoms with van der Waals surface area (Å²) in [6.07, 6.45) is -2.71. The van der Waals surface area contributed by atoms with Gasteiger partial charge in [0.25, 0.3) is 0 Å². The van der Waals surface area contributed by atoms with Gasteiger partial charge >= 0.3 is 6.18 Å². The van der Waals surface area contributed by atoms with Gasteiger partial charge in [-0.2, -0.15) is 13.2 Å². The van der Waals surface area contributed by atoms with Gasteiger partial charge < -0.3 is 5.32 Å². The number of nitrogens with zero attached hydrogens (tertiary/aromatic N) is 1. The Hall–Kier alpha value is -2.55. The first kappa shape index (κ1) is 21.7. The summed E-state index contributed by atoms with van der Waals surface area (Å²) in [4.78, 5) is 12.5. The fourth-order valence-corrected chi connectivity index (χ4v) is 3.85. The van der Waals surface area contributed by atoms with Gasteiger partial charge in [0.2, 0.25) is 15.9 Å². The lowest BCUT2D eigenvalue weighted by Gasteiger charge is -2.28. The van der Waals surface area contributed by atoms with E-state index in [0.717, 1.165) is 46.8 Å². The largest absolute Gasteiger partial charge is 0.416 e. The third kappa shape index (κ3) is 5.25. The summed E-state index contributed by atoms with van der Waals surface area (Å²) in [6.45, 7) is 3.37. The Bertz CT molecular complexity index is 924.